The zero-order valence-electron chi connectivity index (χ0n) is 10.4. The van der Waals surface area contributed by atoms with Gasteiger partial charge in [-0.25, -0.2) is 8.42 Å². The number of hydrogen-bond acceptors (Lipinski definition) is 4. The Morgan fingerprint density at radius 2 is 1.55 bits per heavy atom. The Morgan fingerprint density at radius 1 is 0.900 bits per heavy atom. The highest BCUT2D eigenvalue weighted by Crippen LogP contribution is 2.33. The lowest BCUT2D eigenvalue weighted by molar-refractivity contribution is 0.104. The van der Waals surface area contributed by atoms with Crippen LogP contribution in [0.15, 0.2) is 70.6 Å². The number of hydrogen-bond donors (Lipinski definition) is 1. The molecule has 0 saturated carbocycles. The molecule has 0 bridgehead atoms. The highest BCUT2D eigenvalue weighted by atomic mass is 32.2. The number of benzene rings is 2. The molecule has 3 rings (SSSR count). The van der Waals surface area contributed by atoms with Gasteiger partial charge in [-0.05, 0) is 24.3 Å². The SMILES string of the molecule is O=C1/C(=C\Nc2ccccc2)S(=O)(=O)c2ccccc21. The van der Waals surface area contributed by atoms with Crippen LogP contribution < -0.4 is 5.32 Å². The number of nitrogens with one attached hydrogen (secondary N) is 1. The van der Waals surface area contributed by atoms with Crippen LogP contribution in [-0.4, -0.2) is 14.2 Å². The van der Waals surface area contributed by atoms with Crippen LogP contribution in [0.2, 0.25) is 0 Å². The average Bonchev–Trinajstić information content (AvgIpc) is 2.66. The second-order valence-electron chi connectivity index (χ2n) is 4.35. The van der Waals surface area contributed by atoms with Crippen LogP contribution in [0.5, 0.6) is 0 Å². The van der Waals surface area contributed by atoms with Gasteiger partial charge in [0.05, 0.1) is 4.90 Å². The quantitative estimate of drug-likeness (QED) is 0.861. The van der Waals surface area contributed by atoms with Crippen molar-refractivity contribution in [3.05, 3.63) is 71.3 Å². The van der Waals surface area contributed by atoms with Crippen LogP contribution in [0.25, 0.3) is 0 Å². The van der Waals surface area contributed by atoms with Crippen molar-refractivity contribution >= 4 is 21.3 Å². The minimum atomic E-state index is -3.72. The Morgan fingerprint density at radius 3 is 2.25 bits per heavy atom. The van der Waals surface area contributed by atoms with E-state index in [4.69, 9.17) is 0 Å². The van der Waals surface area contributed by atoms with E-state index in [0.717, 1.165) is 5.69 Å². The van der Waals surface area contributed by atoms with E-state index in [0.29, 0.717) is 0 Å². The van der Waals surface area contributed by atoms with Gasteiger partial charge in [-0.15, -0.1) is 0 Å². The van der Waals surface area contributed by atoms with Crippen molar-refractivity contribution in [2.24, 2.45) is 0 Å². The monoisotopic (exact) mass is 285 g/mol. The first-order chi connectivity index (χ1) is 9.60. The molecule has 2 aromatic rings. The highest BCUT2D eigenvalue weighted by molar-refractivity contribution is 7.97. The van der Waals surface area contributed by atoms with E-state index in [9.17, 15) is 13.2 Å². The van der Waals surface area contributed by atoms with Gasteiger partial charge in [-0.2, -0.15) is 0 Å². The minimum Gasteiger partial charge on any atom is -0.360 e. The summed E-state index contributed by atoms with van der Waals surface area (Å²) in [6.07, 6.45) is 1.26. The number of allylic oxidation sites excluding steroid dienone is 1. The van der Waals surface area contributed by atoms with Gasteiger partial charge in [0.15, 0.2) is 0 Å². The third kappa shape index (κ3) is 1.92. The molecule has 1 aliphatic rings. The van der Waals surface area contributed by atoms with Crippen LogP contribution in [0, 0.1) is 0 Å². The fraction of sp³-hybridized carbons (Fsp3) is 0. The number of sulfone groups is 1. The van der Waals surface area contributed by atoms with Gasteiger partial charge >= 0.3 is 0 Å². The molecular formula is C15H11NO3S. The molecule has 0 radical (unpaired) electrons. The molecule has 0 fully saturated rings. The smallest absolute Gasteiger partial charge is 0.212 e. The van der Waals surface area contributed by atoms with Crippen molar-refractivity contribution in [1.29, 1.82) is 0 Å². The standard InChI is InChI=1S/C15H11NO3S/c17-15-12-8-4-5-9-13(12)20(18,19)14(15)10-16-11-6-2-1-3-7-11/h1-10,16H/b14-10+. The summed E-state index contributed by atoms with van der Waals surface area (Å²) >= 11 is 0. The van der Waals surface area contributed by atoms with Gasteiger partial charge in [-0.1, -0.05) is 30.3 Å². The molecule has 2 aromatic carbocycles. The average molecular weight is 285 g/mol. The largest absolute Gasteiger partial charge is 0.360 e. The van der Waals surface area contributed by atoms with Crippen LogP contribution in [0.1, 0.15) is 10.4 Å². The fourth-order valence-corrected chi connectivity index (χ4v) is 3.60. The van der Waals surface area contributed by atoms with Crippen molar-refractivity contribution in [2.75, 3.05) is 5.32 Å². The van der Waals surface area contributed by atoms with Crippen LogP contribution in [0.3, 0.4) is 0 Å². The summed E-state index contributed by atoms with van der Waals surface area (Å²) in [5, 5.41) is 2.85. The Labute approximate surface area is 116 Å². The predicted octanol–water partition coefficient (Wildman–Crippen LogP) is 2.61. The van der Waals surface area contributed by atoms with E-state index >= 15 is 0 Å². The van der Waals surface area contributed by atoms with E-state index < -0.39 is 15.6 Å². The van der Waals surface area contributed by atoms with Crippen molar-refractivity contribution in [2.45, 2.75) is 4.90 Å². The molecule has 5 heteroatoms. The Balaban J connectivity index is 2.02. The maximum atomic E-state index is 12.3. The third-order valence-electron chi connectivity index (χ3n) is 3.08. The molecule has 100 valence electrons. The normalized spacial score (nSPS) is 18.0. The molecule has 1 N–H and O–H groups in total. The van der Waals surface area contributed by atoms with Gasteiger partial charge in [0.25, 0.3) is 0 Å². The lowest BCUT2D eigenvalue weighted by atomic mass is 10.1. The maximum Gasteiger partial charge on any atom is 0.212 e. The van der Waals surface area contributed by atoms with Crippen molar-refractivity contribution in [3.8, 4) is 0 Å². The number of para-hydroxylation sites is 1. The topological polar surface area (TPSA) is 63.2 Å². The summed E-state index contributed by atoms with van der Waals surface area (Å²) in [6.45, 7) is 0. The van der Waals surface area contributed by atoms with Gasteiger partial charge in [0.1, 0.15) is 4.91 Å². The van der Waals surface area contributed by atoms with Gasteiger partial charge in [0, 0.05) is 17.5 Å². The van der Waals surface area contributed by atoms with Gasteiger partial charge < -0.3 is 5.32 Å². The Bertz CT molecular complexity index is 808. The maximum absolute atomic E-state index is 12.3. The second kappa shape index (κ2) is 4.61. The number of carbonyl (C=O) groups is 1. The van der Waals surface area contributed by atoms with Crippen molar-refractivity contribution in [1.82, 2.24) is 0 Å². The van der Waals surface area contributed by atoms with Crippen LogP contribution in [0.4, 0.5) is 5.69 Å². The first-order valence-corrected chi connectivity index (χ1v) is 7.49. The molecule has 0 unspecified atom stereocenters. The molecule has 0 atom stereocenters. The molecule has 20 heavy (non-hydrogen) atoms. The van der Waals surface area contributed by atoms with Crippen molar-refractivity contribution < 1.29 is 13.2 Å². The van der Waals surface area contributed by atoms with Gasteiger partial charge in [-0.3, -0.25) is 4.79 Å². The van der Waals surface area contributed by atoms with E-state index in [2.05, 4.69) is 5.32 Å². The lowest BCUT2D eigenvalue weighted by Gasteiger charge is -2.01. The van der Waals surface area contributed by atoms with E-state index in [1.54, 1.807) is 24.3 Å². The molecule has 0 amide bonds. The third-order valence-corrected chi connectivity index (χ3v) is 4.90. The Hall–Kier alpha value is -2.40. The fourth-order valence-electron chi connectivity index (χ4n) is 2.09. The zero-order chi connectivity index (χ0) is 14.2. The molecular weight excluding hydrogens is 274 g/mol. The first-order valence-electron chi connectivity index (χ1n) is 6.01. The van der Waals surface area contributed by atoms with Crippen LogP contribution in [-0.2, 0) is 9.84 Å². The summed E-state index contributed by atoms with van der Waals surface area (Å²) in [5.74, 6) is -0.468. The lowest BCUT2D eigenvalue weighted by Crippen LogP contribution is -2.05. The number of fused-ring (bicyclic) bond motifs is 1. The molecule has 0 saturated heterocycles. The highest BCUT2D eigenvalue weighted by Gasteiger charge is 2.38. The molecule has 4 nitrogen and oxygen atoms in total. The summed E-state index contributed by atoms with van der Waals surface area (Å²) in [5.41, 5.74) is 0.951. The molecule has 0 aliphatic carbocycles. The van der Waals surface area contributed by atoms with E-state index in [-0.39, 0.29) is 15.4 Å². The second-order valence-corrected chi connectivity index (χ2v) is 6.23. The zero-order valence-corrected chi connectivity index (χ0v) is 11.2. The summed E-state index contributed by atoms with van der Waals surface area (Å²) in [7, 11) is -3.72. The first kappa shape index (κ1) is 12.6. The van der Waals surface area contributed by atoms with Gasteiger partial charge in [0.2, 0.25) is 15.6 Å². The Kier molecular flexibility index (Phi) is 2.91. The molecule has 1 heterocycles. The number of anilines is 1. The number of rotatable bonds is 2. The van der Waals surface area contributed by atoms with Crippen LogP contribution >= 0.6 is 0 Å². The molecule has 0 spiro atoms. The predicted molar refractivity (Wildman–Crippen MR) is 76.1 cm³/mol. The van der Waals surface area contributed by atoms with E-state index in [1.165, 1.54) is 18.3 Å². The van der Waals surface area contributed by atoms with Crippen molar-refractivity contribution in [3.63, 3.8) is 0 Å². The number of carbonyl (C=O) groups excluding carboxylic acids is 1. The molecule has 1 aliphatic heterocycles. The summed E-state index contributed by atoms with van der Waals surface area (Å²) in [6, 6.07) is 15.3. The number of ketones is 1. The van der Waals surface area contributed by atoms with E-state index in [1.807, 2.05) is 18.2 Å². The summed E-state index contributed by atoms with van der Waals surface area (Å²) in [4.78, 5) is 12.0. The number of Topliss-reactive ketones (excluding diaryl/α,β-unsaturated/α-hetero) is 1. The summed E-state index contributed by atoms with van der Waals surface area (Å²) < 4.78 is 24.6. The molecule has 0 aromatic heterocycles. The minimum absolute atomic E-state index is 0.0751.